The van der Waals surface area contributed by atoms with E-state index in [1.807, 2.05) is 6.92 Å². The van der Waals surface area contributed by atoms with Gasteiger partial charge in [-0.1, -0.05) is 23.4 Å². The van der Waals surface area contributed by atoms with Crippen LogP contribution in [0.3, 0.4) is 0 Å². The molecule has 1 aromatic heterocycles. The fourth-order valence-electron chi connectivity index (χ4n) is 3.25. The number of likely N-dealkylation sites (tertiary alicyclic amines) is 1. The number of benzene rings is 1. The SMILES string of the molecule is Cc1c(NC(=O)C2CN(C(=O)C3CC(c4ccccc4F)=NO3)C2)cnn1C. The maximum absolute atomic E-state index is 13.9. The maximum atomic E-state index is 13.9. The van der Waals surface area contributed by atoms with Gasteiger partial charge >= 0.3 is 0 Å². The number of rotatable bonds is 4. The van der Waals surface area contributed by atoms with E-state index in [2.05, 4.69) is 15.6 Å². The van der Waals surface area contributed by atoms with Gasteiger partial charge < -0.3 is 15.1 Å². The minimum absolute atomic E-state index is 0.143. The summed E-state index contributed by atoms with van der Waals surface area (Å²) in [6.07, 6.45) is 1.03. The number of halogens is 1. The smallest absolute Gasteiger partial charge is 0.266 e. The van der Waals surface area contributed by atoms with Crippen LogP contribution in [-0.2, 0) is 21.5 Å². The summed E-state index contributed by atoms with van der Waals surface area (Å²) < 4.78 is 15.5. The van der Waals surface area contributed by atoms with Gasteiger partial charge in [-0.2, -0.15) is 5.10 Å². The molecule has 2 aliphatic heterocycles. The maximum Gasteiger partial charge on any atom is 0.266 e. The van der Waals surface area contributed by atoms with Crippen molar-refractivity contribution in [2.24, 2.45) is 18.1 Å². The third-order valence-electron chi connectivity index (χ3n) is 5.19. The number of aryl methyl sites for hydroxylation is 1. The van der Waals surface area contributed by atoms with E-state index in [4.69, 9.17) is 4.84 Å². The predicted octanol–water partition coefficient (Wildman–Crippen LogP) is 1.46. The number of anilines is 1. The van der Waals surface area contributed by atoms with E-state index in [0.29, 0.717) is 30.1 Å². The molecule has 0 bridgehead atoms. The first-order chi connectivity index (χ1) is 13.4. The van der Waals surface area contributed by atoms with Gasteiger partial charge in [0, 0.05) is 32.1 Å². The molecule has 1 N–H and O–H groups in total. The van der Waals surface area contributed by atoms with Crippen LogP contribution in [-0.4, -0.2) is 51.4 Å². The van der Waals surface area contributed by atoms with Gasteiger partial charge in [0.15, 0.2) is 0 Å². The van der Waals surface area contributed by atoms with Gasteiger partial charge in [-0.05, 0) is 13.0 Å². The van der Waals surface area contributed by atoms with Crippen LogP contribution in [0.15, 0.2) is 35.6 Å². The Labute approximate surface area is 160 Å². The van der Waals surface area contributed by atoms with Crippen LogP contribution in [0, 0.1) is 18.7 Å². The lowest BCUT2D eigenvalue weighted by atomic mass is 9.97. The van der Waals surface area contributed by atoms with Gasteiger partial charge in [-0.3, -0.25) is 14.3 Å². The van der Waals surface area contributed by atoms with Crippen LogP contribution in [0.5, 0.6) is 0 Å². The quantitative estimate of drug-likeness (QED) is 0.863. The summed E-state index contributed by atoms with van der Waals surface area (Å²) >= 11 is 0. The van der Waals surface area contributed by atoms with Crippen LogP contribution in [0.1, 0.15) is 17.7 Å². The van der Waals surface area contributed by atoms with Crippen LogP contribution in [0.4, 0.5) is 10.1 Å². The molecule has 2 amide bonds. The number of carbonyl (C=O) groups excluding carboxylic acids is 2. The standard InChI is InChI=1S/C19H20FN5O3/c1-11-16(8-21-24(11)2)22-18(26)12-9-25(10-12)19(27)17-7-15(23-28-17)13-5-3-4-6-14(13)20/h3-6,8,12,17H,7,9-10H2,1-2H3,(H,22,26). The van der Waals surface area contributed by atoms with E-state index in [9.17, 15) is 14.0 Å². The summed E-state index contributed by atoms with van der Waals surface area (Å²) in [5.41, 5.74) is 2.28. The normalized spacial score (nSPS) is 19.0. The molecule has 9 heteroatoms. The summed E-state index contributed by atoms with van der Waals surface area (Å²) in [5, 5.41) is 10.8. The number of amides is 2. The van der Waals surface area contributed by atoms with Crippen molar-refractivity contribution >= 4 is 23.2 Å². The first kappa shape index (κ1) is 18.1. The number of nitrogens with one attached hydrogen (secondary N) is 1. The summed E-state index contributed by atoms with van der Waals surface area (Å²) in [7, 11) is 1.80. The highest BCUT2D eigenvalue weighted by Gasteiger charge is 2.41. The molecule has 2 aromatic rings. The van der Waals surface area contributed by atoms with Gasteiger partial charge in [0.2, 0.25) is 12.0 Å². The van der Waals surface area contributed by atoms with Gasteiger partial charge in [0.1, 0.15) is 5.82 Å². The molecule has 1 fully saturated rings. The summed E-state index contributed by atoms with van der Waals surface area (Å²) in [5.74, 6) is -1.06. The van der Waals surface area contributed by atoms with E-state index in [0.717, 1.165) is 5.69 Å². The molecule has 0 aliphatic carbocycles. The molecule has 1 unspecified atom stereocenters. The first-order valence-corrected chi connectivity index (χ1v) is 9.00. The first-order valence-electron chi connectivity index (χ1n) is 9.00. The second kappa shape index (κ2) is 7.06. The van der Waals surface area contributed by atoms with Crippen molar-refractivity contribution in [3.05, 3.63) is 47.5 Å². The lowest BCUT2D eigenvalue weighted by Gasteiger charge is -2.38. The number of hydrogen-bond donors (Lipinski definition) is 1. The molecular weight excluding hydrogens is 365 g/mol. The molecule has 4 rings (SSSR count). The Morgan fingerprint density at radius 3 is 2.71 bits per heavy atom. The van der Waals surface area contributed by atoms with Crippen LogP contribution >= 0.6 is 0 Å². The van der Waals surface area contributed by atoms with E-state index in [1.165, 1.54) is 6.07 Å². The fraction of sp³-hybridized carbons (Fsp3) is 0.368. The van der Waals surface area contributed by atoms with Crippen molar-refractivity contribution in [3.8, 4) is 0 Å². The molecule has 1 saturated heterocycles. The minimum atomic E-state index is -0.779. The molecule has 0 saturated carbocycles. The Morgan fingerprint density at radius 2 is 2.04 bits per heavy atom. The van der Waals surface area contributed by atoms with Gasteiger partial charge in [0.05, 0.1) is 29.2 Å². The molecule has 0 spiro atoms. The highest BCUT2D eigenvalue weighted by molar-refractivity contribution is 6.04. The molecule has 1 aromatic carbocycles. The molecule has 8 nitrogen and oxygen atoms in total. The highest BCUT2D eigenvalue weighted by atomic mass is 19.1. The zero-order valence-electron chi connectivity index (χ0n) is 15.6. The number of carbonyl (C=O) groups is 2. The van der Waals surface area contributed by atoms with Crippen molar-refractivity contribution in [2.45, 2.75) is 19.4 Å². The van der Waals surface area contributed by atoms with Crippen molar-refractivity contribution in [2.75, 3.05) is 18.4 Å². The van der Waals surface area contributed by atoms with Crippen LogP contribution < -0.4 is 5.32 Å². The average Bonchev–Trinajstić information content (AvgIpc) is 3.24. The van der Waals surface area contributed by atoms with E-state index < -0.39 is 11.9 Å². The third-order valence-corrected chi connectivity index (χ3v) is 5.19. The topological polar surface area (TPSA) is 88.8 Å². The van der Waals surface area contributed by atoms with Crippen molar-refractivity contribution in [3.63, 3.8) is 0 Å². The van der Waals surface area contributed by atoms with Crippen LogP contribution in [0.2, 0.25) is 0 Å². The van der Waals surface area contributed by atoms with Crippen molar-refractivity contribution < 1.29 is 18.8 Å². The minimum Gasteiger partial charge on any atom is -0.382 e. The monoisotopic (exact) mass is 385 g/mol. The number of hydrogen-bond acceptors (Lipinski definition) is 5. The molecule has 146 valence electrons. The Bertz CT molecular complexity index is 964. The zero-order valence-corrected chi connectivity index (χ0v) is 15.6. The van der Waals surface area contributed by atoms with E-state index >= 15 is 0 Å². The highest BCUT2D eigenvalue weighted by Crippen LogP contribution is 2.25. The Hall–Kier alpha value is -3.23. The summed E-state index contributed by atoms with van der Waals surface area (Å²) in [6.45, 7) is 2.50. The Kier molecular flexibility index (Phi) is 4.58. The van der Waals surface area contributed by atoms with Gasteiger partial charge in [0.25, 0.3) is 5.91 Å². The van der Waals surface area contributed by atoms with Gasteiger partial charge in [-0.25, -0.2) is 4.39 Å². The van der Waals surface area contributed by atoms with Gasteiger partial charge in [-0.15, -0.1) is 0 Å². The second-order valence-corrected chi connectivity index (χ2v) is 7.01. The van der Waals surface area contributed by atoms with E-state index in [-0.39, 0.29) is 24.2 Å². The van der Waals surface area contributed by atoms with E-state index in [1.54, 1.807) is 41.0 Å². The second-order valence-electron chi connectivity index (χ2n) is 7.01. The molecule has 0 radical (unpaired) electrons. The zero-order chi connectivity index (χ0) is 19.8. The predicted molar refractivity (Wildman–Crippen MR) is 99.1 cm³/mol. The molecule has 2 aliphatic rings. The number of oxime groups is 1. The Balaban J connectivity index is 1.29. The molecule has 1 atom stereocenters. The fourth-order valence-corrected chi connectivity index (χ4v) is 3.25. The molecule has 3 heterocycles. The Morgan fingerprint density at radius 1 is 1.29 bits per heavy atom. The number of nitrogens with zero attached hydrogens (tertiary/aromatic N) is 4. The summed E-state index contributed by atoms with van der Waals surface area (Å²) in [4.78, 5) is 31.7. The van der Waals surface area contributed by atoms with Crippen LogP contribution in [0.25, 0.3) is 0 Å². The number of aromatic nitrogens is 2. The summed E-state index contributed by atoms with van der Waals surface area (Å²) in [6, 6.07) is 6.25. The molecule has 28 heavy (non-hydrogen) atoms. The van der Waals surface area contributed by atoms with Crippen molar-refractivity contribution in [1.29, 1.82) is 0 Å². The third kappa shape index (κ3) is 3.23. The largest absolute Gasteiger partial charge is 0.382 e. The average molecular weight is 385 g/mol. The lowest BCUT2D eigenvalue weighted by molar-refractivity contribution is -0.150. The lowest BCUT2D eigenvalue weighted by Crippen LogP contribution is -2.57. The molecular formula is C19H20FN5O3. The van der Waals surface area contributed by atoms with Crippen molar-refractivity contribution in [1.82, 2.24) is 14.7 Å².